The van der Waals surface area contributed by atoms with Crippen LogP contribution in [0.4, 0.5) is 0 Å². The number of amides is 2. The van der Waals surface area contributed by atoms with Gasteiger partial charge in [0.2, 0.25) is 5.91 Å². The monoisotopic (exact) mass is 388 g/mol. The number of hydrogen-bond acceptors (Lipinski definition) is 3. The second kappa shape index (κ2) is 9.97. The van der Waals surface area contributed by atoms with E-state index in [9.17, 15) is 9.59 Å². The molecule has 2 aromatic rings. The lowest BCUT2D eigenvalue weighted by atomic mass is 10.0. The highest BCUT2D eigenvalue weighted by molar-refractivity contribution is 6.30. The van der Waals surface area contributed by atoms with E-state index >= 15 is 0 Å². The molecule has 0 spiro atoms. The van der Waals surface area contributed by atoms with Crippen LogP contribution in [0.25, 0.3) is 0 Å². The molecule has 0 fully saturated rings. The molecule has 2 N–H and O–H groups in total. The first-order valence-corrected chi connectivity index (χ1v) is 9.25. The van der Waals surface area contributed by atoms with Gasteiger partial charge in [-0.25, -0.2) is 0 Å². The molecular formula is C21H25ClN2O3. The Morgan fingerprint density at radius 1 is 1.04 bits per heavy atom. The van der Waals surface area contributed by atoms with Gasteiger partial charge in [0.25, 0.3) is 5.91 Å². The standard InChI is InChI=1S/C21H25ClN2O3/c1-14(2)19(24-20(25)16-6-10-18(27-3)11-7-16)21(26)23-13-12-15-4-8-17(22)9-5-15/h4-11,14,19H,12-13H2,1-3H3,(H,23,26)(H,24,25)/t19-/m0/s1. The van der Waals surface area contributed by atoms with Crippen LogP contribution in [0.15, 0.2) is 48.5 Å². The third kappa shape index (κ3) is 6.29. The van der Waals surface area contributed by atoms with Gasteiger partial charge in [-0.15, -0.1) is 0 Å². The van der Waals surface area contributed by atoms with E-state index in [2.05, 4.69) is 10.6 Å². The smallest absolute Gasteiger partial charge is 0.251 e. The van der Waals surface area contributed by atoms with E-state index in [1.54, 1.807) is 31.4 Å². The number of rotatable bonds is 8. The van der Waals surface area contributed by atoms with Crippen LogP contribution in [-0.4, -0.2) is 31.5 Å². The Bertz CT molecular complexity index is 758. The second-order valence-electron chi connectivity index (χ2n) is 6.59. The number of hydrogen-bond donors (Lipinski definition) is 2. The average molecular weight is 389 g/mol. The topological polar surface area (TPSA) is 67.4 Å². The van der Waals surface area contributed by atoms with Crippen molar-refractivity contribution in [2.45, 2.75) is 26.3 Å². The van der Waals surface area contributed by atoms with Crippen molar-refractivity contribution in [1.29, 1.82) is 0 Å². The van der Waals surface area contributed by atoms with Crippen LogP contribution in [0, 0.1) is 5.92 Å². The van der Waals surface area contributed by atoms with Crippen molar-refractivity contribution in [3.63, 3.8) is 0 Å². The highest BCUT2D eigenvalue weighted by Crippen LogP contribution is 2.12. The van der Waals surface area contributed by atoms with Crippen LogP contribution in [0.5, 0.6) is 5.75 Å². The fourth-order valence-corrected chi connectivity index (χ4v) is 2.72. The molecule has 2 aromatic carbocycles. The van der Waals surface area contributed by atoms with Crippen LogP contribution >= 0.6 is 11.6 Å². The Morgan fingerprint density at radius 2 is 1.67 bits per heavy atom. The van der Waals surface area contributed by atoms with Gasteiger partial charge in [-0.2, -0.15) is 0 Å². The van der Waals surface area contributed by atoms with E-state index in [0.717, 1.165) is 5.56 Å². The van der Waals surface area contributed by atoms with Crippen LogP contribution in [0.2, 0.25) is 5.02 Å². The molecule has 2 amide bonds. The van der Waals surface area contributed by atoms with Crippen LogP contribution in [-0.2, 0) is 11.2 Å². The number of ether oxygens (including phenoxy) is 1. The predicted octanol–water partition coefficient (Wildman–Crippen LogP) is 3.46. The van der Waals surface area contributed by atoms with Crippen molar-refractivity contribution in [3.8, 4) is 5.75 Å². The number of carbonyl (C=O) groups excluding carboxylic acids is 2. The normalized spacial score (nSPS) is 11.7. The van der Waals surface area contributed by atoms with Gasteiger partial charge in [-0.05, 0) is 54.3 Å². The Hall–Kier alpha value is -2.53. The molecule has 0 aromatic heterocycles. The van der Waals surface area contributed by atoms with Crippen molar-refractivity contribution < 1.29 is 14.3 Å². The SMILES string of the molecule is COc1ccc(C(=O)N[C@H](C(=O)NCCc2ccc(Cl)cc2)C(C)C)cc1. The van der Waals surface area contributed by atoms with Crippen molar-refractivity contribution >= 4 is 23.4 Å². The number of nitrogens with one attached hydrogen (secondary N) is 2. The van der Waals surface area contributed by atoms with Crippen LogP contribution in [0.3, 0.4) is 0 Å². The fourth-order valence-electron chi connectivity index (χ4n) is 2.59. The molecule has 0 heterocycles. The van der Waals surface area contributed by atoms with Gasteiger partial charge < -0.3 is 15.4 Å². The predicted molar refractivity (Wildman–Crippen MR) is 107 cm³/mol. The van der Waals surface area contributed by atoms with Gasteiger partial charge in [0.05, 0.1) is 7.11 Å². The summed E-state index contributed by atoms with van der Waals surface area (Å²) in [5.41, 5.74) is 1.57. The highest BCUT2D eigenvalue weighted by Gasteiger charge is 2.24. The van der Waals surface area contributed by atoms with Crippen LogP contribution < -0.4 is 15.4 Å². The lowest BCUT2D eigenvalue weighted by Gasteiger charge is -2.22. The minimum absolute atomic E-state index is 0.0391. The van der Waals surface area contributed by atoms with E-state index in [0.29, 0.717) is 29.3 Å². The van der Waals surface area contributed by atoms with Crippen LogP contribution in [0.1, 0.15) is 29.8 Å². The van der Waals surface area contributed by atoms with Crippen molar-refractivity contribution in [2.75, 3.05) is 13.7 Å². The minimum Gasteiger partial charge on any atom is -0.497 e. The second-order valence-corrected chi connectivity index (χ2v) is 7.03. The molecule has 5 nitrogen and oxygen atoms in total. The molecule has 0 radical (unpaired) electrons. The summed E-state index contributed by atoms with van der Waals surface area (Å²) in [7, 11) is 1.57. The number of halogens is 1. The number of benzene rings is 2. The Morgan fingerprint density at radius 3 is 2.22 bits per heavy atom. The van der Waals surface area contributed by atoms with Gasteiger partial charge in [0.1, 0.15) is 11.8 Å². The lowest BCUT2D eigenvalue weighted by Crippen LogP contribution is -2.50. The van der Waals surface area contributed by atoms with E-state index in [4.69, 9.17) is 16.3 Å². The molecule has 0 bridgehead atoms. The maximum absolute atomic E-state index is 12.5. The van der Waals surface area contributed by atoms with Gasteiger partial charge in [-0.3, -0.25) is 9.59 Å². The molecule has 1 atom stereocenters. The van der Waals surface area contributed by atoms with Gasteiger partial charge >= 0.3 is 0 Å². The lowest BCUT2D eigenvalue weighted by molar-refractivity contribution is -0.123. The average Bonchev–Trinajstić information content (AvgIpc) is 2.67. The van der Waals surface area contributed by atoms with Crippen molar-refractivity contribution in [1.82, 2.24) is 10.6 Å². The Labute approximate surface area is 165 Å². The first kappa shape index (κ1) is 20.8. The largest absolute Gasteiger partial charge is 0.497 e. The Kier molecular flexibility index (Phi) is 7.67. The summed E-state index contributed by atoms with van der Waals surface area (Å²) in [6.45, 7) is 4.29. The molecule has 0 aliphatic rings. The van der Waals surface area contributed by atoms with E-state index in [-0.39, 0.29) is 17.7 Å². The summed E-state index contributed by atoms with van der Waals surface area (Å²) in [5.74, 6) is 0.152. The first-order valence-electron chi connectivity index (χ1n) is 8.87. The highest BCUT2D eigenvalue weighted by atomic mass is 35.5. The molecule has 0 saturated heterocycles. The Balaban J connectivity index is 1.91. The van der Waals surface area contributed by atoms with E-state index in [1.807, 2.05) is 38.1 Å². The summed E-state index contributed by atoms with van der Waals surface area (Å²) in [4.78, 5) is 25.0. The quantitative estimate of drug-likeness (QED) is 0.727. The molecule has 0 saturated carbocycles. The number of carbonyl (C=O) groups is 2. The molecule has 0 aliphatic heterocycles. The number of methoxy groups -OCH3 is 1. The fraction of sp³-hybridized carbons (Fsp3) is 0.333. The summed E-state index contributed by atoms with van der Waals surface area (Å²) in [6.07, 6.45) is 0.695. The summed E-state index contributed by atoms with van der Waals surface area (Å²) in [6, 6.07) is 13.7. The molecule has 0 unspecified atom stereocenters. The van der Waals surface area contributed by atoms with Crippen molar-refractivity contribution in [2.24, 2.45) is 5.92 Å². The summed E-state index contributed by atoms with van der Waals surface area (Å²) < 4.78 is 5.09. The summed E-state index contributed by atoms with van der Waals surface area (Å²) >= 11 is 5.87. The third-order valence-corrected chi connectivity index (χ3v) is 4.47. The van der Waals surface area contributed by atoms with Gasteiger partial charge in [0.15, 0.2) is 0 Å². The molecular weight excluding hydrogens is 364 g/mol. The zero-order chi connectivity index (χ0) is 19.8. The van der Waals surface area contributed by atoms with Gasteiger partial charge in [-0.1, -0.05) is 37.6 Å². The zero-order valence-electron chi connectivity index (χ0n) is 15.8. The summed E-state index contributed by atoms with van der Waals surface area (Å²) in [5, 5.41) is 6.40. The van der Waals surface area contributed by atoms with E-state index in [1.165, 1.54) is 0 Å². The maximum Gasteiger partial charge on any atom is 0.251 e. The molecule has 6 heteroatoms. The van der Waals surface area contributed by atoms with Crippen molar-refractivity contribution in [3.05, 3.63) is 64.7 Å². The molecule has 144 valence electrons. The molecule has 27 heavy (non-hydrogen) atoms. The minimum atomic E-state index is -0.607. The third-order valence-electron chi connectivity index (χ3n) is 4.21. The van der Waals surface area contributed by atoms with Gasteiger partial charge in [0, 0.05) is 17.1 Å². The zero-order valence-corrected chi connectivity index (χ0v) is 16.5. The molecule has 0 aliphatic carbocycles. The maximum atomic E-state index is 12.5. The first-order chi connectivity index (χ1) is 12.9. The molecule has 2 rings (SSSR count). The van der Waals surface area contributed by atoms with E-state index < -0.39 is 6.04 Å².